The average Bonchev–Trinajstić information content (AvgIpc) is 2.91. The van der Waals surface area contributed by atoms with Crippen LogP contribution in [0, 0.1) is 5.92 Å². The second-order valence-electron chi connectivity index (χ2n) is 5.48. The molecule has 2 aromatic rings. The normalized spacial score (nSPS) is 10.7. The highest BCUT2D eigenvalue weighted by molar-refractivity contribution is 6.34. The number of hydrogen-bond donors (Lipinski definition) is 3. The maximum absolute atomic E-state index is 12.0. The Hall–Kier alpha value is -1.98. The number of rotatable bonds is 5. The number of aromatic nitrogens is 1. The Morgan fingerprint density at radius 3 is 2.48 bits per heavy atom. The number of H-pyrrole nitrogens is 1. The van der Waals surface area contributed by atoms with Gasteiger partial charge >= 0.3 is 0 Å². The largest absolute Gasteiger partial charge is 0.356 e. The van der Waals surface area contributed by atoms with E-state index in [0.29, 0.717) is 34.4 Å². The Labute approximate surface area is 144 Å². The van der Waals surface area contributed by atoms with Crippen LogP contribution in [-0.2, 0) is 0 Å². The molecule has 0 saturated heterocycles. The van der Waals surface area contributed by atoms with Crippen molar-refractivity contribution in [3.63, 3.8) is 0 Å². The van der Waals surface area contributed by atoms with Crippen LogP contribution in [0.15, 0.2) is 30.5 Å². The molecule has 0 spiro atoms. The molecule has 0 atom stereocenters. The number of aromatic amines is 1. The number of nitrogens with one attached hydrogen (secondary N) is 3. The lowest BCUT2D eigenvalue weighted by molar-refractivity contribution is 0.0948. The molecule has 0 aliphatic carbocycles. The van der Waals surface area contributed by atoms with Crippen molar-refractivity contribution >= 4 is 40.7 Å². The fraction of sp³-hybridized carbons (Fsp3) is 0.250. The predicted octanol–water partition coefficient (Wildman–Crippen LogP) is 3.96. The van der Waals surface area contributed by atoms with E-state index < -0.39 is 0 Å². The molecular weight excluding hydrogens is 337 g/mol. The first-order valence-electron chi connectivity index (χ1n) is 7.10. The molecule has 7 heteroatoms. The third-order valence-corrected chi connectivity index (χ3v) is 3.57. The van der Waals surface area contributed by atoms with Gasteiger partial charge in [0.2, 0.25) is 0 Å². The molecule has 23 heavy (non-hydrogen) atoms. The van der Waals surface area contributed by atoms with Gasteiger partial charge in [0.25, 0.3) is 11.8 Å². The maximum atomic E-state index is 12.0. The van der Waals surface area contributed by atoms with Crippen molar-refractivity contribution in [2.24, 2.45) is 5.92 Å². The second-order valence-corrected chi connectivity index (χ2v) is 6.33. The molecule has 0 fully saturated rings. The van der Waals surface area contributed by atoms with Crippen molar-refractivity contribution in [1.82, 2.24) is 10.3 Å². The Morgan fingerprint density at radius 1 is 1.17 bits per heavy atom. The minimum Gasteiger partial charge on any atom is -0.356 e. The standard InChI is InChI=1S/C16H17Cl2N3O2/c1-9(2)7-20-15(22)12-4-3-11(6-13(12)18)21-16(23)14-5-10(17)8-19-14/h3-6,8-9,19H,7H2,1-2H3,(H,20,22)(H,21,23). The van der Waals surface area contributed by atoms with Gasteiger partial charge in [0.15, 0.2) is 0 Å². The van der Waals surface area contributed by atoms with Crippen LogP contribution >= 0.6 is 23.2 Å². The summed E-state index contributed by atoms with van der Waals surface area (Å²) in [7, 11) is 0. The predicted molar refractivity (Wildman–Crippen MR) is 92.4 cm³/mol. The smallest absolute Gasteiger partial charge is 0.272 e. The van der Waals surface area contributed by atoms with Gasteiger partial charge in [-0.1, -0.05) is 37.0 Å². The van der Waals surface area contributed by atoms with Crippen LogP contribution in [0.3, 0.4) is 0 Å². The summed E-state index contributed by atoms with van der Waals surface area (Å²) in [5.74, 6) is -0.230. The second kappa shape index (κ2) is 7.53. The highest BCUT2D eigenvalue weighted by atomic mass is 35.5. The number of hydrogen-bond acceptors (Lipinski definition) is 2. The zero-order valence-electron chi connectivity index (χ0n) is 12.7. The number of halogens is 2. The average molecular weight is 354 g/mol. The number of benzene rings is 1. The molecule has 0 saturated carbocycles. The van der Waals surface area contributed by atoms with E-state index in [-0.39, 0.29) is 16.8 Å². The molecule has 1 heterocycles. The van der Waals surface area contributed by atoms with Gasteiger partial charge in [0, 0.05) is 18.4 Å². The van der Waals surface area contributed by atoms with Crippen LogP contribution in [-0.4, -0.2) is 23.3 Å². The van der Waals surface area contributed by atoms with Gasteiger partial charge in [-0.3, -0.25) is 9.59 Å². The van der Waals surface area contributed by atoms with Gasteiger partial charge in [0.05, 0.1) is 15.6 Å². The summed E-state index contributed by atoms with van der Waals surface area (Å²) in [6.45, 7) is 4.59. The van der Waals surface area contributed by atoms with E-state index in [1.807, 2.05) is 13.8 Å². The van der Waals surface area contributed by atoms with Crippen LogP contribution in [0.4, 0.5) is 5.69 Å². The zero-order chi connectivity index (χ0) is 17.0. The number of amides is 2. The molecule has 0 bridgehead atoms. The van der Waals surface area contributed by atoms with Crippen molar-refractivity contribution in [2.75, 3.05) is 11.9 Å². The lowest BCUT2D eigenvalue weighted by atomic mass is 10.1. The highest BCUT2D eigenvalue weighted by Gasteiger charge is 2.13. The highest BCUT2D eigenvalue weighted by Crippen LogP contribution is 2.22. The molecular formula is C16H17Cl2N3O2. The third kappa shape index (κ3) is 4.74. The molecule has 0 aliphatic rings. The summed E-state index contributed by atoms with van der Waals surface area (Å²) in [5.41, 5.74) is 1.20. The molecule has 122 valence electrons. The lowest BCUT2D eigenvalue weighted by Crippen LogP contribution is -2.27. The van der Waals surface area contributed by atoms with Gasteiger partial charge in [-0.2, -0.15) is 0 Å². The van der Waals surface area contributed by atoms with Crippen molar-refractivity contribution in [3.8, 4) is 0 Å². The van der Waals surface area contributed by atoms with E-state index in [2.05, 4.69) is 15.6 Å². The fourth-order valence-corrected chi connectivity index (χ4v) is 2.30. The zero-order valence-corrected chi connectivity index (χ0v) is 14.3. The Bertz CT molecular complexity index is 726. The molecule has 3 N–H and O–H groups in total. The third-order valence-electron chi connectivity index (χ3n) is 3.03. The molecule has 1 aromatic carbocycles. The molecule has 2 amide bonds. The van der Waals surface area contributed by atoms with E-state index in [1.165, 1.54) is 18.3 Å². The topological polar surface area (TPSA) is 74.0 Å². The van der Waals surface area contributed by atoms with E-state index in [0.717, 1.165) is 0 Å². The van der Waals surface area contributed by atoms with Crippen molar-refractivity contribution < 1.29 is 9.59 Å². The first-order valence-corrected chi connectivity index (χ1v) is 7.85. The Kier molecular flexibility index (Phi) is 5.69. The van der Waals surface area contributed by atoms with Gasteiger partial charge in [-0.05, 0) is 30.2 Å². The fourth-order valence-electron chi connectivity index (χ4n) is 1.87. The van der Waals surface area contributed by atoms with Crippen molar-refractivity contribution in [3.05, 3.63) is 51.8 Å². The van der Waals surface area contributed by atoms with Crippen LogP contribution in [0.25, 0.3) is 0 Å². The quantitative estimate of drug-likeness (QED) is 0.760. The number of anilines is 1. The lowest BCUT2D eigenvalue weighted by Gasteiger charge is -2.10. The summed E-state index contributed by atoms with van der Waals surface area (Å²) < 4.78 is 0. The maximum Gasteiger partial charge on any atom is 0.272 e. The van der Waals surface area contributed by atoms with E-state index in [4.69, 9.17) is 23.2 Å². The first kappa shape index (κ1) is 17.4. The monoisotopic (exact) mass is 353 g/mol. The van der Waals surface area contributed by atoms with Crippen LogP contribution < -0.4 is 10.6 Å². The van der Waals surface area contributed by atoms with Crippen molar-refractivity contribution in [1.29, 1.82) is 0 Å². The molecule has 5 nitrogen and oxygen atoms in total. The summed E-state index contributed by atoms with van der Waals surface area (Å²) in [4.78, 5) is 26.8. The summed E-state index contributed by atoms with van der Waals surface area (Å²) in [6, 6.07) is 6.26. The van der Waals surface area contributed by atoms with E-state index >= 15 is 0 Å². The van der Waals surface area contributed by atoms with Crippen molar-refractivity contribution in [2.45, 2.75) is 13.8 Å². The Balaban J connectivity index is 2.07. The van der Waals surface area contributed by atoms with Gasteiger partial charge < -0.3 is 15.6 Å². The SMILES string of the molecule is CC(C)CNC(=O)c1ccc(NC(=O)c2cc(Cl)c[nH]2)cc1Cl. The van der Waals surface area contributed by atoms with Gasteiger partial charge in [-0.25, -0.2) is 0 Å². The minimum atomic E-state index is -0.343. The summed E-state index contributed by atoms with van der Waals surface area (Å²) in [5, 5.41) is 6.20. The van der Waals surface area contributed by atoms with E-state index in [9.17, 15) is 9.59 Å². The molecule has 0 radical (unpaired) electrons. The minimum absolute atomic E-state index is 0.238. The van der Waals surface area contributed by atoms with E-state index in [1.54, 1.807) is 12.1 Å². The summed E-state index contributed by atoms with van der Waals surface area (Å²) >= 11 is 11.9. The molecule has 2 rings (SSSR count). The summed E-state index contributed by atoms with van der Waals surface area (Å²) in [6.07, 6.45) is 1.52. The van der Waals surface area contributed by atoms with Crippen LogP contribution in [0.1, 0.15) is 34.7 Å². The molecule has 0 aliphatic heterocycles. The Morgan fingerprint density at radius 2 is 1.91 bits per heavy atom. The number of carbonyl (C=O) groups is 2. The van der Waals surface area contributed by atoms with Gasteiger partial charge in [0.1, 0.15) is 5.69 Å². The molecule has 1 aromatic heterocycles. The number of carbonyl (C=O) groups excluding carboxylic acids is 2. The first-order chi connectivity index (χ1) is 10.9. The van der Waals surface area contributed by atoms with Gasteiger partial charge in [-0.15, -0.1) is 0 Å². The molecule has 0 unspecified atom stereocenters. The van der Waals surface area contributed by atoms with Crippen LogP contribution in [0.5, 0.6) is 0 Å². The van der Waals surface area contributed by atoms with Crippen LogP contribution in [0.2, 0.25) is 10.0 Å².